The Labute approximate surface area is 118 Å². The monoisotopic (exact) mass is 311 g/mol. The summed E-state index contributed by atoms with van der Waals surface area (Å²) < 4.78 is 44.5. The molecule has 0 radical (unpaired) electrons. The molecule has 0 aliphatic heterocycles. The molecule has 20 heavy (non-hydrogen) atoms. The third-order valence-electron chi connectivity index (χ3n) is 2.16. The maximum Gasteiger partial charge on any atom is 0.411 e. The minimum atomic E-state index is -4.35. The molecule has 2 N–H and O–H groups in total. The van der Waals surface area contributed by atoms with Crippen LogP contribution in [-0.4, -0.2) is 32.0 Å². The summed E-state index contributed by atoms with van der Waals surface area (Å²) in [5.74, 6) is -0.621. The third kappa shape index (κ3) is 6.12. The Balaban J connectivity index is 2.25. The SMILES string of the molecule is Nc1cc(C(=O)OCCCOCC(F)(F)F)ccc1Cl. The van der Waals surface area contributed by atoms with Crippen LogP contribution in [-0.2, 0) is 9.47 Å². The van der Waals surface area contributed by atoms with Crippen LogP contribution in [0.5, 0.6) is 0 Å². The molecular weight excluding hydrogens is 299 g/mol. The van der Waals surface area contributed by atoms with E-state index in [1.807, 2.05) is 0 Å². The molecule has 1 rings (SSSR count). The smallest absolute Gasteiger partial charge is 0.411 e. The third-order valence-corrected chi connectivity index (χ3v) is 2.51. The summed E-state index contributed by atoms with van der Waals surface area (Å²) in [5, 5.41) is 0.321. The highest BCUT2D eigenvalue weighted by Gasteiger charge is 2.27. The number of hydrogen-bond donors (Lipinski definition) is 1. The van der Waals surface area contributed by atoms with E-state index in [0.29, 0.717) is 5.02 Å². The molecule has 0 aromatic heterocycles. The second-order valence-electron chi connectivity index (χ2n) is 3.89. The Hall–Kier alpha value is -1.47. The number of nitrogen functional groups attached to an aromatic ring is 1. The van der Waals surface area contributed by atoms with Crippen LogP contribution in [0.15, 0.2) is 18.2 Å². The highest BCUT2D eigenvalue weighted by Crippen LogP contribution is 2.20. The average Bonchev–Trinajstić information content (AvgIpc) is 2.35. The second kappa shape index (κ2) is 7.35. The first-order chi connectivity index (χ1) is 9.29. The van der Waals surface area contributed by atoms with Crippen molar-refractivity contribution in [2.45, 2.75) is 12.6 Å². The average molecular weight is 312 g/mol. The van der Waals surface area contributed by atoms with Crippen LogP contribution in [0, 0.1) is 0 Å². The molecule has 112 valence electrons. The fourth-order valence-electron chi connectivity index (χ4n) is 1.27. The van der Waals surface area contributed by atoms with Gasteiger partial charge in [-0.3, -0.25) is 0 Å². The van der Waals surface area contributed by atoms with Crippen LogP contribution in [0.3, 0.4) is 0 Å². The summed E-state index contributed by atoms with van der Waals surface area (Å²) in [7, 11) is 0. The van der Waals surface area contributed by atoms with Crippen molar-refractivity contribution in [3.8, 4) is 0 Å². The second-order valence-corrected chi connectivity index (χ2v) is 4.30. The van der Waals surface area contributed by atoms with Crippen LogP contribution in [0.4, 0.5) is 18.9 Å². The zero-order chi connectivity index (χ0) is 15.2. The Morgan fingerprint density at radius 2 is 2.00 bits per heavy atom. The van der Waals surface area contributed by atoms with E-state index in [0.717, 1.165) is 0 Å². The van der Waals surface area contributed by atoms with E-state index in [-0.39, 0.29) is 30.9 Å². The van der Waals surface area contributed by atoms with Gasteiger partial charge in [0.05, 0.1) is 29.5 Å². The van der Waals surface area contributed by atoms with Crippen LogP contribution < -0.4 is 5.73 Å². The van der Waals surface area contributed by atoms with Crippen LogP contribution in [0.2, 0.25) is 5.02 Å². The van der Waals surface area contributed by atoms with Gasteiger partial charge in [0.1, 0.15) is 6.61 Å². The zero-order valence-corrected chi connectivity index (χ0v) is 11.1. The number of anilines is 1. The highest BCUT2D eigenvalue weighted by molar-refractivity contribution is 6.33. The number of ether oxygens (including phenoxy) is 2. The molecule has 0 unspecified atom stereocenters. The van der Waals surface area contributed by atoms with E-state index in [1.165, 1.54) is 18.2 Å². The Morgan fingerprint density at radius 1 is 1.30 bits per heavy atom. The zero-order valence-electron chi connectivity index (χ0n) is 10.4. The predicted molar refractivity (Wildman–Crippen MR) is 67.6 cm³/mol. The maximum absolute atomic E-state index is 11.8. The largest absolute Gasteiger partial charge is 0.462 e. The van der Waals surface area contributed by atoms with Gasteiger partial charge in [-0.15, -0.1) is 0 Å². The van der Waals surface area contributed by atoms with Gasteiger partial charge in [0.2, 0.25) is 0 Å². The number of nitrogens with two attached hydrogens (primary N) is 1. The summed E-state index contributed by atoms with van der Waals surface area (Å²) in [4.78, 5) is 11.6. The van der Waals surface area contributed by atoms with E-state index < -0.39 is 18.8 Å². The number of benzene rings is 1. The predicted octanol–water partition coefficient (Wildman–Crippen LogP) is 3.05. The Morgan fingerprint density at radius 3 is 2.60 bits per heavy atom. The number of esters is 1. The van der Waals surface area contributed by atoms with Gasteiger partial charge < -0.3 is 15.2 Å². The first-order valence-corrected chi connectivity index (χ1v) is 6.04. The maximum atomic E-state index is 11.8. The molecule has 0 spiro atoms. The van der Waals surface area contributed by atoms with Gasteiger partial charge in [-0.05, 0) is 18.2 Å². The molecule has 0 saturated heterocycles. The molecule has 1 aromatic carbocycles. The van der Waals surface area contributed by atoms with E-state index in [4.69, 9.17) is 22.1 Å². The topological polar surface area (TPSA) is 61.6 Å². The highest BCUT2D eigenvalue weighted by atomic mass is 35.5. The van der Waals surface area contributed by atoms with E-state index in [1.54, 1.807) is 0 Å². The minimum absolute atomic E-state index is 0.0424. The molecule has 0 aliphatic carbocycles. The summed E-state index contributed by atoms with van der Waals surface area (Å²) in [6, 6.07) is 4.27. The normalized spacial score (nSPS) is 11.4. The molecule has 0 atom stereocenters. The van der Waals surface area contributed by atoms with Crippen LogP contribution >= 0.6 is 11.6 Å². The van der Waals surface area contributed by atoms with Crippen molar-refractivity contribution in [3.63, 3.8) is 0 Å². The molecule has 1 aromatic rings. The number of carbonyl (C=O) groups excluding carboxylic acids is 1. The molecule has 0 heterocycles. The standard InChI is InChI=1S/C12H13ClF3NO3/c13-9-3-2-8(6-10(9)17)11(18)20-5-1-4-19-7-12(14,15)16/h2-3,6H,1,4-5,7,17H2. The van der Waals surface area contributed by atoms with Crippen molar-refractivity contribution >= 4 is 23.3 Å². The van der Waals surface area contributed by atoms with Crippen molar-refractivity contribution < 1.29 is 27.4 Å². The molecule has 8 heteroatoms. The van der Waals surface area contributed by atoms with Gasteiger partial charge in [0, 0.05) is 6.42 Å². The lowest BCUT2D eigenvalue weighted by atomic mass is 10.2. The molecule has 0 bridgehead atoms. The van der Waals surface area contributed by atoms with Crippen LogP contribution in [0.1, 0.15) is 16.8 Å². The fraction of sp³-hybridized carbons (Fsp3) is 0.417. The molecule has 4 nitrogen and oxygen atoms in total. The summed E-state index contributed by atoms with van der Waals surface area (Å²) in [6.45, 7) is -1.50. The van der Waals surface area contributed by atoms with Crippen molar-refractivity contribution in [1.29, 1.82) is 0 Å². The lowest BCUT2D eigenvalue weighted by Crippen LogP contribution is -2.18. The summed E-state index contributed by atoms with van der Waals surface area (Å²) in [5.41, 5.74) is 6.00. The van der Waals surface area contributed by atoms with Gasteiger partial charge in [-0.25, -0.2) is 4.79 Å². The van der Waals surface area contributed by atoms with Crippen molar-refractivity contribution in [2.24, 2.45) is 0 Å². The van der Waals surface area contributed by atoms with Gasteiger partial charge in [0.25, 0.3) is 0 Å². The molecule has 0 fully saturated rings. The van der Waals surface area contributed by atoms with Crippen molar-refractivity contribution in [3.05, 3.63) is 28.8 Å². The number of rotatable bonds is 6. The fourth-order valence-corrected chi connectivity index (χ4v) is 1.39. The van der Waals surface area contributed by atoms with E-state index in [2.05, 4.69) is 4.74 Å². The Kier molecular flexibility index (Phi) is 6.09. The number of hydrogen-bond acceptors (Lipinski definition) is 4. The Bertz CT molecular complexity index is 466. The molecule has 0 saturated carbocycles. The van der Waals surface area contributed by atoms with E-state index >= 15 is 0 Å². The lowest BCUT2D eigenvalue weighted by molar-refractivity contribution is -0.174. The van der Waals surface area contributed by atoms with Crippen LogP contribution in [0.25, 0.3) is 0 Å². The van der Waals surface area contributed by atoms with Gasteiger partial charge >= 0.3 is 12.1 Å². The number of halogens is 4. The number of carbonyl (C=O) groups is 1. The minimum Gasteiger partial charge on any atom is -0.462 e. The summed E-state index contributed by atoms with van der Waals surface area (Å²) in [6.07, 6.45) is -4.18. The molecule has 0 aliphatic rings. The lowest BCUT2D eigenvalue weighted by Gasteiger charge is -2.08. The van der Waals surface area contributed by atoms with Gasteiger partial charge in [-0.1, -0.05) is 11.6 Å². The van der Waals surface area contributed by atoms with Gasteiger partial charge in [-0.2, -0.15) is 13.2 Å². The van der Waals surface area contributed by atoms with Crippen molar-refractivity contribution in [1.82, 2.24) is 0 Å². The van der Waals surface area contributed by atoms with Gasteiger partial charge in [0.15, 0.2) is 0 Å². The van der Waals surface area contributed by atoms with Crippen molar-refractivity contribution in [2.75, 3.05) is 25.6 Å². The quantitative estimate of drug-likeness (QED) is 0.498. The molecular formula is C12H13ClF3NO3. The molecule has 0 amide bonds. The summed E-state index contributed by atoms with van der Waals surface area (Å²) >= 11 is 5.70. The first kappa shape index (κ1) is 16.6. The van der Waals surface area contributed by atoms with E-state index in [9.17, 15) is 18.0 Å². The number of alkyl halides is 3. The first-order valence-electron chi connectivity index (χ1n) is 5.66.